The monoisotopic (exact) mass is 846 g/mol. The maximum absolute atomic E-state index is 12.7. The van der Waals surface area contributed by atoms with Gasteiger partial charge in [-0.25, -0.2) is 4.57 Å². The highest BCUT2D eigenvalue weighted by atomic mass is 31.2. The molecule has 0 rings (SSSR count). The van der Waals surface area contributed by atoms with Crippen LogP contribution >= 0.6 is 7.82 Å². The number of ether oxygens (including phenoxy) is 2. The van der Waals surface area contributed by atoms with Gasteiger partial charge in [0.25, 0.3) is 0 Å². The van der Waals surface area contributed by atoms with Gasteiger partial charge in [0.1, 0.15) is 6.61 Å². The molecule has 0 aliphatic carbocycles. The van der Waals surface area contributed by atoms with Crippen LogP contribution in [-0.2, 0) is 32.7 Å². The number of phosphoric acid groups is 1. The lowest BCUT2D eigenvalue weighted by molar-refractivity contribution is -0.161. The third-order valence-electron chi connectivity index (χ3n) is 11.2. The summed E-state index contributed by atoms with van der Waals surface area (Å²) >= 11 is 0. The maximum Gasteiger partial charge on any atom is 0.472 e. The van der Waals surface area contributed by atoms with Crippen LogP contribution in [-0.4, -0.2) is 56.3 Å². The standard InChI is InChI=1S/C48H96NO8P/c1-4-6-8-10-12-14-16-18-20-21-22-23-24-25-27-29-31-33-35-37-39-41-48(51)57-46(45-56-58(52,53)55-43-42-49-3)44-54-47(50)40-38-36-34-32-30-28-26-19-17-15-13-11-9-7-5-2/h46,49H,4-45H2,1-3H3,(H,52,53). The van der Waals surface area contributed by atoms with Gasteiger partial charge < -0.3 is 19.7 Å². The molecular formula is C48H96NO8P. The third kappa shape index (κ3) is 44.6. The lowest BCUT2D eigenvalue weighted by Gasteiger charge is -2.20. The molecule has 0 fully saturated rings. The van der Waals surface area contributed by atoms with Gasteiger partial charge in [-0.3, -0.25) is 18.6 Å². The molecular weight excluding hydrogens is 750 g/mol. The van der Waals surface area contributed by atoms with Crippen molar-refractivity contribution in [2.45, 2.75) is 264 Å². The van der Waals surface area contributed by atoms with Gasteiger partial charge >= 0.3 is 19.8 Å². The van der Waals surface area contributed by atoms with Crippen molar-refractivity contribution in [2.75, 3.05) is 33.4 Å². The lowest BCUT2D eigenvalue weighted by atomic mass is 10.0. The van der Waals surface area contributed by atoms with E-state index in [1.165, 1.54) is 193 Å². The molecule has 0 saturated carbocycles. The molecule has 0 radical (unpaired) electrons. The van der Waals surface area contributed by atoms with Gasteiger partial charge in [0, 0.05) is 19.4 Å². The van der Waals surface area contributed by atoms with Crippen molar-refractivity contribution in [3.05, 3.63) is 0 Å². The van der Waals surface area contributed by atoms with Gasteiger partial charge in [-0.1, -0.05) is 232 Å². The number of likely N-dealkylation sites (N-methyl/N-ethyl adjacent to an activating group) is 1. The molecule has 0 aliphatic heterocycles. The van der Waals surface area contributed by atoms with Crippen LogP contribution in [0.4, 0.5) is 0 Å². The SMILES string of the molecule is CCCCCCCCCCCCCCCCCCCCCCCC(=O)OC(COC(=O)CCCCCCCCCCCCCCCCC)COP(=O)(O)OCCNC. The zero-order valence-corrected chi connectivity index (χ0v) is 39.4. The fourth-order valence-corrected chi connectivity index (χ4v) is 8.19. The Morgan fingerprint density at radius 2 is 0.776 bits per heavy atom. The van der Waals surface area contributed by atoms with Gasteiger partial charge in [-0.2, -0.15) is 0 Å². The van der Waals surface area contributed by atoms with Crippen molar-refractivity contribution >= 4 is 19.8 Å². The summed E-state index contributed by atoms with van der Waals surface area (Å²) in [7, 11) is -2.64. The van der Waals surface area contributed by atoms with Crippen molar-refractivity contribution in [3.8, 4) is 0 Å². The number of esters is 2. The lowest BCUT2D eigenvalue weighted by Crippen LogP contribution is -2.29. The molecule has 2 N–H and O–H groups in total. The van der Waals surface area contributed by atoms with E-state index in [1.54, 1.807) is 7.05 Å². The molecule has 0 saturated heterocycles. The number of hydrogen-bond donors (Lipinski definition) is 2. The average molecular weight is 846 g/mol. The highest BCUT2D eigenvalue weighted by molar-refractivity contribution is 7.47. The van der Waals surface area contributed by atoms with Crippen molar-refractivity contribution in [2.24, 2.45) is 0 Å². The molecule has 10 heteroatoms. The van der Waals surface area contributed by atoms with E-state index in [0.717, 1.165) is 38.5 Å². The molecule has 2 unspecified atom stereocenters. The third-order valence-corrected chi connectivity index (χ3v) is 12.2. The second-order valence-corrected chi connectivity index (χ2v) is 18.5. The van der Waals surface area contributed by atoms with E-state index in [0.29, 0.717) is 13.0 Å². The van der Waals surface area contributed by atoms with E-state index >= 15 is 0 Å². The smallest absolute Gasteiger partial charge is 0.462 e. The summed E-state index contributed by atoms with van der Waals surface area (Å²) in [4.78, 5) is 35.2. The highest BCUT2D eigenvalue weighted by Crippen LogP contribution is 2.43. The largest absolute Gasteiger partial charge is 0.472 e. The molecule has 0 amide bonds. The number of carbonyl (C=O) groups is 2. The summed E-state index contributed by atoms with van der Waals surface area (Å²) in [6.07, 6.45) is 45.8. The Labute approximate surface area is 359 Å². The minimum atomic E-state index is -4.34. The van der Waals surface area contributed by atoms with Gasteiger partial charge in [-0.15, -0.1) is 0 Å². The van der Waals surface area contributed by atoms with E-state index in [2.05, 4.69) is 19.2 Å². The van der Waals surface area contributed by atoms with Crippen LogP contribution in [0.1, 0.15) is 258 Å². The second-order valence-electron chi connectivity index (χ2n) is 17.0. The van der Waals surface area contributed by atoms with Gasteiger partial charge in [0.2, 0.25) is 0 Å². The van der Waals surface area contributed by atoms with E-state index in [-0.39, 0.29) is 25.6 Å². The number of carbonyl (C=O) groups excluding carboxylic acids is 2. The highest BCUT2D eigenvalue weighted by Gasteiger charge is 2.26. The van der Waals surface area contributed by atoms with Crippen molar-refractivity contribution < 1.29 is 37.6 Å². The fraction of sp³-hybridized carbons (Fsp3) is 0.958. The molecule has 58 heavy (non-hydrogen) atoms. The Morgan fingerprint density at radius 1 is 0.466 bits per heavy atom. The number of unbranched alkanes of at least 4 members (excludes halogenated alkanes) is 34. The molecule has 0 aromatic carbocycles. The number of rotatable bonds is 48. The van der Waals surface area contributed by atoms with Crippen LogP contribution in [0.25, 0.3) is 0 Å². The van der Waals surface area contributed by atoms with Crippen LogP contribution in [0, 0.1) is 0 Å². The summed E-state index contributed by atoms with van der Waals surface area (Å²) in [6.45, 7) is 4.29. The van der Waals surface area contributed by atoms with E-state index in [4.69, 9.17) is 18.5 Å². The molecule has 346 valence electrons. The zero-order valence-electron chi connectivity index (χ0n) is 38.5. The van der Waals surface area contributed by atoms with Crippen LogP contribution in [0.2, 0.25) is 0 Å². The van der Waals surface area contributed by atoms with Gasteiger partial charge in [0.15, 0.2) is 6.10 Å². The molecule has 0 aromatic heterocycles. The molecule has 9 nitrogen and oxygen atoms in total. The second kappa shape index (κ2) is 45.5. The van der Waals surface area contributed by atoms with Gasteiger partial charge in [0.05, 0.1) is 13.2 Å². The topological polar surface area (TPSA) is 120 Å². The number of nitrogens with one attached hydrogen (secondary N) is 1. The molecule has 0 heterocycles. The minimum Gasteiger partial charge on any atom is -0.462 e. The normalized spacial score (nSPS) is 13.1. The van der Waals surface area contributed by atoms with Crippen molar-refractivity contribution in [1.29, 1.82) is 0 Å². The first-order chi connectivity index (χ1) is 28.3. The predicted octanol–water partition coefficient (Wildman–Crippen LogP) is 14.7. The summed E-state index contributed by atoms with van der Waals surface area (Å²) in [5.74, 6) is -0.786. The zero-order chi connectivity index (χ0) is 42.5. The molecule has 0 bridgehead atoms. The Morgan fingerprint density at radius 3 is 1.10 bits per heavy atom. The van der Waals surface area contributed by atoms with Crippen molar-refractivity contribution in [3.63, 3.8) is 0 Å². The summed E-state index contributed by atoms with van der Waals surface area (Å²) < 4.78 is 33.3. The molecule has 0 aromatic rings. The van der Waals surface area contributed by atoms with Crippen LogP contribution in [0.5, 0.6) is 0 Å². The average Bonchev–Trinajstić information content (AvgIpc) is 3.21. The number of phosphoric ester groups is 1. The number of hydrogen-bond acceptors (Lipinski definition) is 8. The summed E-state index contributed by atoms with van der Waals surface area (Å²) in [6, 6.07) is 0. The predicted molar refractivity (Wildman–Crippen MR) is 243 cm³/mol. The van der Waals surface area contributed by atoms with Crippen LogP contribution in [0.3, 0.4) is 0 Å². The quantitative estimate of drug-likeness (QED) is 0.0350. The Balaban J connectivity index is 4.06. The summed E-state index contributed by atoms with van der Waals surface area (Å²) in [5, 5.41) is 2.83. The minimum absolute atomic E-state index is 0.0115. The van der Waals surface area contributed by atoms with E-state index < -0.39 is 26.5 Å². The first-order valence-electron chi connectivity index (χ1n) is 25.0. The fourth-order valence-electron chi connectivity index (χ4n) is 7.44. The Hall–Kier alpha value is -0.990. The molecule has 2 atom stereocenters. The van der Waals surface area contributed by atoms with Crippen LogP contribution in [0.15, 0.2) is 0 Å². The molecule has 0 spiro atoms. The van der Waals surface area contributed by atoms with Gasteiger partial charge in [-0.05, 0) is 19.9 Å². The van der Waals surface area contributed by atoms with Crippen LogP contribution < -0.4 is 5.32 Å². The first-order valence-corrected chi connectivity index (χ1v) is 26.5. The first kappa shape index (κ1) is 57.0. The Bertz CT molecular complexity index is 922. The van der Waals surface area contributed by atoms with E-state index in [1.807, 2.05) is 0 Å². The van der Waals surface area contributed by atoms with Crippen molar-refractivity contribution in [1.82, 2.24) is 5.32 Å². The van der Waals surface area contributed by atoms with E-state index in [9.17, 15) is 19.0 Å². The summed E-state index contributed by atoms with van der Waals surface area (Å²) in [5.41, 5.74) is 0. The molecule has 0 aliphatic rings. The Kier molecular flexibility index (Phi) is 44.8. The maximum atomic E-state index is 12.7.